The summed E-state index contributed by atoms with van der Waals surface area (Å²) in [4.78, 5) is 17.7. The summed E-state index contributed by atoms with van der Waals surface area (Å²) in [6.07, 6.45) is 0.797. The molecule has 1 amide bonds. The second-order valence-corrected chi connectivity index (χ2v) is 9.34. The molecule has 2 aromatic carbocycles. The third-order valence-electron chi connectivity index (χ3n) is 4.15. The van der Waals surface area contributed by atoms with Gasteiger partial charge < -0.3 is 5.32 Å². The number of anilines is 1. The van der Waals surface area contributed by atoms with Crippen LogP contribution in [0.4, 0.5) is 5.13 Å². The van der Waals surface area contributed by atoms with E-state index in [4.69, 9.17) is 0 Å². The van der Waals surface area contributed by atoms with E-state index >= 15 is 0 Å². The van der Waals surface area contributed by atoms with Gasteiger partial charge in [0.25, 0.3) is 0 Å². The number of nitrogens with one attached hydrogen (secondary N) is 1. The monoisotopic (exact) mass is 384 g/mol. The van der Waals surface area contributed by atoms with Crippen LogP contribution >= 0.6 is 11.3 Å². The van der Waals surface area contributed by atoms with E-state index < -0.39 is 21.5 Å². The predicted octanol–water partition coefficient (Wildman–Crippen LogP) is 3.27. The zero-order chi connectivity index (χ0) is 18.1. The molecule has 0 bridgehead atoms. The van der Waals surface area contributed by atoms with Crippen molar-refractivity contribution >= 4 is 32.2 Å². The van der Waals surface area contributed by atoms with Crippen LogP contribution in [0.2, 0.25) is 0 Å². The molecular weight excluding hydrogens is 368 g/mol. The van der Waals surface area contributed by atoms with Gasteiger partial charge in [-0.25, -0.2) is 13.4 Å². The quantitative estimate of drug-likeness (QED) is 0.573. The van der Waals surface area contributed by atoms with Crippen molar-refractivity contribution in [3.05, 3.63) is 70.6 Å². The maximum atomic E-state index is 12.2. The third kappa shape index (κ3) is 3.54. The highest BCUT2D eigenvalue weighted by Crippen LogP contribution is 2.40. The molecule has 0 spiro atoms. The largest absolute Gasteiger partial charge is 0.301 e. The summed E-state index contributed by atoms with van der Waals surface area (Å²) >= 11 is 1.40. The first-order valence-corrected chi connectivity index (χ1v) is 10.8. The number of nitrogens with zero attached hydrogens (tertiary/aromatic N) is 1. The van der Waals surface area contributed by atoms with Gasteiger partial charge >= 0.3 is 0 Å². The topological polar surface area (TPSA) is 76.1 Å². The highest BCUT2D eigenvalue weighted by atomic mass is 32.2. The molecule has 1 aliphatic carbocycles. The number of carbonyl (C=O) groups is 1. The van der Waals surface area contributed by atoms with Crippen molar-refractivity contribution < 1.29 is 13.2 Å². The fraction of sp³-hybridized carbons (Fsp3) is 0.158. The number of thiazole rings is 1. The van der Waals surface area contributed by atoms with Gasteiger partial charge in [-0.15, -0.1) is 11.3 Å². The number of hydrogen-bond acceptors (Lipinski definition) is 5. The minimum absolute atomic E-state index is 0.150. The first-order valence-electron chi connectivity index (χ1n) is 8.12. The molecule has 26 heavy (non-hydrogen) atoms. The molecule has 0 saturated carbocycles. The molecule has 1 aliphatic rings. The molecular formula is C19H16N2O3S2. The molecule has 0 unspecified atom stereocenters. The highest BCUT2D eigenvalue weighted by molar-refractivity contribution is 7.91. The second-order valence-electron chi connectivity index (χ2n) is 6.19. The summed E-state index contributed by atoms with van der Waals surface area (Å²) in [5.41, 5.74) is 3.86. The number of carbonyl (C=O) groups excluding carboxylic acids is 1. The molecule has 3 aromatic rings. The van der Waals surface area contributed by atoms with Gasteiger partial charge in [-0.05, 0) is 11.1 Å². The smallest absolute Gasteiger partial charge is 0.241 e. The fourth-order valence-corrected chi connectivity index (χ4v) is 5.34. The lowest BCUT2D eigenvalue weighted by Crippen LogP contribution is -2.23. The molecule has 0 aliphatic heterocycles. The summed E-state index contributed by atoms with van der Waals surface area (Å²) in [6.45, 7) is 0. The van der Waals surface area contributed by atoms with Crippen molar-refractivity contribution in [2.24, 2.45) is 0 Å². The summed E-state index contributed by atoms with van der Waals surface area (Å²) in [7, 11) is -3.53. The first kappa shape index (κ1) is 16.9. The van der Waals surface area contributed by atoms with E-state index in [1.807, 2.05) is 24.3 Å². The van der Waals surface area contributed by atoms with Crippen molar-refractivity contribution in [3.63, 3.8) is 0 Å². The lowest BCUT2D eigenvalue weighted by atomic mass is 10.1. The van der Waals surface area contributed by atoms with Gasteiger partial charge in [0.15, 0.2) is 15.0 Å². The maximum Gasteiger partial charge on any atom is 0.241 e. The Bertz CT molecular complexity index is 1070. The van der Waals surface area contributed by atoms with Crippen LogP contribution in [0.25, 0.3) is 11.3 Å². The number of sulfone groups is 1. The van der Waals surface area contributed by atoms with Gasteiger partial charge in [0.1, 0.15) is 5.75 Å². The lowest BCUT2D eigenvalue weighted by Gasteiger charge is -2.05. The Morgan fingerprint density at radius 1 is 1.08 bits per heavy atom. The molecule has 1 heterocycles. The van der Waals surface area contributed by atoms with E-state index in [0.717, 1.165) is 22.6 Å². The van der Waals surface area contributed by atoms with Crippen LogP contribution in [0.5, 0.6) is 0 Å². The second kappa shape index (κ2) is 6.66. The van der Waals surface area contributed by atoms with E-state index in [9.17, 15) is 13.2 Å². The van der Waals surface area contributed by atoms with Crippen LogP contribution in [-0.4, -0.2) is 25.1 Å². The van der Waals surface area contributed by atoms with E-state index in [1.54, 1.807) is 24.3 Å². The lowest BCUT2D eigenvalue weighted by molar-refractivity contribution is -0.113. The summed E-state index contributed by atoms with van der Waals surface area (Å²) < 4.78 is 24.5. The zero-order valence-electron chi connectivity index (χ0n) is 13.8. The molecule has 0 fully saturated rings. The normalized spacial score (nSPS) is 12.5. The molecule has 0 atom stereocenters. The van der Waals surface area contributed by atoms with Crippen molar-refractivity contribution in [2.45, 2.75) is 12.2 Å². The Morgan fingerprint density at radius 3 is 2.62 bits per heavy atom. The number of fused-ring (bicyclic) bond motifs is 3. The summed E-state index contributed by atoms with van der Waals surface area (Å²) in [6, 6.07) is 16.9. The molecule has 1 N–H and O–H groups in total. The number of hydrogen-bond donors (Lipinski definition) is 1. The fourth-order valence-electron chi connectivity index (χ4n) is 3.05. The van der Waals surface area contributed by atoms with E-state index in [-0.39, 0.29) is 5.75 Å². The Labute approximate surface area is 155 Å². The maximum absolute atomic E-state index is 12.2. The molecule has 132 valence electrons. The minimum Gasteiger partial charge on any atom is -0.301 e. The van der Waals surface area contributed by atoms with Crippen molar-refractivity contribution in [1.82, 2.24) is 4.98 Å². The van der Waals surface area contributed by atoms with Crippen LogP contribution < -0.4 is 5.32 Å². The molecule has 0 saturated heterocycles. The Kier molecular flexibility index (Phi) is 4.34. The van der Waals surface area contributed by atoms with Gasteiger partial charge in [0, 0.05) is 16.9 Å². The standard InChI is InChI=1S/C19H16N2O3S2/c22-17(12-26(23,24)11-13-6-2-1-3-7-13)20-19-21-18-15-9-5-4-8-14(15)10-16(18)25-19/h1-9H,10-12H2,(H,20,21,22). The van der Waals surface area contributed by atoms with Crippen LogP contribution in [0, 0.1) is 0 Å². The Balaban J connectivity index is 1.44. The highest BCUT2D eigenvalue weighted by Gasteiger charge is 2.24. The molecule has 0 radical (unpaired) electrons. The van der Waals surface area contributed by atoms with E-state index in [0.29, 0.717) is 10.7 Å². The number of benzene rings is 2. The van der Waals surface area contributed by atoms with Crippen molar-refractivity contribution in [3.8, 4) is 11.3 Å². The van der Waals surface area contributed by atoms with Gasteiger partial charge in [0.05, 0.1) is 11.4 Å². The average Bonchev–Trinajstić information content (AvgIpc) is 3.11. The van der Waals surface area contributed by atoms with Crippen LogP contribution in [0.15, 0.2) is 54.6 Å². The number of aromatic nitrogens is 1. The SMILES string of the molecule is O=C(CS(=O)(=O)Cc1ccccc1)Nc1nc2c(s1)Cc1ccccc1-2. The number of amides is 1. The average molecular weight is 384 g/mol. The summed E-state index contributed by atoms with van der Waals surface area (Å²) in [5.74, 6) is -1.26. The zero-order valence-corrected chi connectivity index (χ0v) is 15.4. The molecule has 1 aromatic heterocycles. The Hall–Kier alpha value is -2.51. The molecule has 4 rings (SSSR count). The first-order chi connectivity index (χ1) is 12.5. The van der Waals surface area contributed by atoms with Crippen LogP contribution in [0.1, 0.15) is 16.0 Å². The van der Waals surface area contributed by atoms with Crippen LogP contribution in [-0.2, 0) is 26.8 Å². The van der Waals surface area contributed by atoms with Gasteiger partial charge in [-0.3, -0.25) is 4.79 Å². The summed E-state index contributed by atoms with van der Waals surface area (Å²) in [5, 5.41) is 3.08. The van der Waals surface area contributed by atoms with Gasteiger partial charge in [0.2, 0.25) is 5.91 Å². The van der Waals surface area contributed by atoms with E-state index in [1.165, 1.54) is 16.9 Å². The molecule has 5 nitrogen and oxygen atoms in total. The minimum atomic E-state index is -3.53. The van der Waals surface area contributed by atoms with Crippen LogP contribution in [0.3, 0.4) is 0 Å². The number of rotatable bonds is 5. The predicted molar refractivity (Wildman–Crippen MR) is 103 cm³/mol. The van der Waals surface area contributed by atoms with Crippen molar-refractivity contribution in [2.75, 3.05) is 11.1 Å². The van der Waals surface area contributed by atoms with Crippen molar-refractivity contribution in [1.29, 1.82) is 0 Å². The Morgan fingerprint density at radius 2 is 1.81 bits per heavy atom. The molecule has 7 heteroatoms. The van der Waals surface area contributed by atoms with Gasteiger partial charge in [-0.2, -0.15) is 0 Å². The third-order valence-corrected chi connectivity index (χ3v) is 6.59. The van der Waals surface area contributed by atoms with E-state index in [2.05, 4.69) is 16.4 Å². The van der Waals surface area contributed by atoms with Gasteiger partial charge in [-0.1, -0.05) is 54.6 Å².